The summed E-state index contributed by atoms with van der Waals surface area (Å²) in [6, 6.07) is 0. The zero-order chi connectivity index (χ0) is 9.83. The maximum atomic E-state index is 5.57. The van der Waals surface area contributed by atoms with Gasteiger partial charge in [0.05, 0.1) is 12.2 Å². The molecule has 0 aliphatic heterocycles. The summed E-state index contributed by atoms with van der Waals surface area (Å²) in [6.07, 6.45) is 0. The Kier molecular flexibility index (Phi) is 4.17. The Labute approximate surface area is 75.2 Å². The Morgan fingerprint density at radius 3 is 1.92 bits per heavy atom. The second kappa shape index (κ2) is 4.21. The molecule has 74 valence electrons. The van der Waals surface area contributed by atoms with Crippen molar-refractivity contribution in [2.75, 3.05) is 20.3 Å². The molecule has 0 aliphatic rings. The molecule has 0 radical (unpaired) electrons. The van der Waals surface area contributed by atoms with Crippen LogP contribution in [0.25, 0.3) is 0 Å². The van der Waals surface area contributed by atoms with Crippen molar-refractivity contribution in [1.29, 1.82) is 0 Å². The Bertz CT molecular complexity index is 125. The highest BCUT2D eigenvalue weighted by molar-refractivity contribution is 4.76. The SMILES string of the molecule is COC(C)(CN)COC(C)(C)C. The lowest BCUT2D eigenvalue weighted by molar-refractivity contribution is -0.103. The van der Waals surface area contributed by atoms with Crippen LogP contribution in [0, 0.1) is 0 Å². The quantitative estimate of drug-likeness (QED) is 0.697. The first-order valence-electron chi connectivity index (χ1n) is 4.22. The van der Waals surface area contributed by atoms with Gasteiger partial charge >= 0.3 is 0 Å². The van der Waals surface area contributed by atoms with E-state index >= 15 is 0 Å². The maximum Gasteiger partial charge on any atom is 0.100 e. The van der Waals surface area contributed by atoms with Crippen molar-refractivity contribution in [2.24, 2.45) is 5.73 Å². The summed E-state index contributed by atoms with van der Waals surface area (Å²) >= 11 is 0. The molecule has 0 saturated carbocycles. The standard InChI is InChI=1S/C9H21NO2/c1-8(2,3)12-7-9(4,6-10)11-5/h6-7,10H2,1-5H3. The van der Waals surface area contributed by atoms with Crippen molar-refractivity contribution in [3.63, 3.8) is 0 Å². The molecule has 0 fully saturated rings. The first-order chi connectivity index (χ1) is 5.33. The van der Waals surface area contributed by atoms with E-state index in [1.54, 1.807) is 7.11 Å². The van der Waals surface area contributed by atoms with E-state index in [2.05, 4.69) is 0 Å². The van der Waals surface area contributed by atoms with Gasteiger partial charge in [0.15, 0.2) is 0 Å². The van der Waals surface area contributed by atoms with Crippen LogP contribution >= 0.6 is 0 Å². The highest BCUT2D eigenvalue weighted by Gasteiger charge is 2.24. The lowest BCUT2D eigenvalue weighted by Crippen LogP contribution is -2.43. The molecule has 1 unspecified atom stereocenters. The monoisotopic (exact) mass is 175 g/mol. The van der Waals surface area contributed by atoms with Gasteiger partial charge in [-0.05, 0) is 27.7 Å². The molecule has 0 aromatic heterocycles. The van der Waals surface area contributed by atoms with Crippen molar-refractivity contribution in [3.8, 4) is 0 Å². The van der Waals surface area contributed by atoms with Gasteiger partial charge in [-0.2, -0.15) is 0 Å². The molecule has 0 aliphatic carbocycles. The van der Waals surface area contributed by atoms with Crippen LogP contribution in [0.2, 0.25) is 0 Å². The van der Waals surface area contributed by atoms with Crippen molar-refractivity contribution >= 4 is 0 Å². The fraction of sp³-hybridized carbons (Fsp3) is 1.00. The first kappa shape index (κ1) is 11.9. The van der Waals surface area contributed by atoms with Crippen LogP contribution in [-0.4, -0.2) is 31.5 Å². The fourth-order valence-electron chi connectivity index (χ4n) is 0.570. The number of nitrogens with two attached hydrogens (primary N) is 1. The van der Waals surface area contributed by atoms with Gasteiger partial charge in [-0.25, -0.2) is 0 Å². The Hall–Kier alpha value is -0.120. The third-order valence-corrected chi connectivity index (χ3v) is 1.74. The zero-order valence-electron chi connectivity index (χ0n) is 8.81. The Morgan fingerprint density at radius 2 is 1.67 bits per heavy atom. The molecule has 0 bridgehead atoms. The van der Waals surface area contributed by atoms with E-state index in [0.29, 0.717) is 13.2 Å². The summed E-state index contributed by atoms with van der Waals surface area (Å²) in [5.74, 6) is 0. The molecule has 0 amide bonds. The molecule has 3 heteroatoms. The van der Waals surface area contributed by atoms with Crippen LogP contribution < -0.4 is 5.73 Å². The summed E-state index contributed by atoms with van der Waals surface area (Å²) in [5, 5.41) is 0. The second-order valence-corrected chi connectivity index (χ2v) is 4.26. The normalized spacial score (nSPS) is 17.5. The van der Waals surface area contributed by atoms with Crippen LogP contribution in [0.1, 0.15) is 27.7 Å². The lowest BCUT2D eigenvalue weighted by atomic mass is 10.1. The molecule has 12 heavy (non-hydrogen) atoms. The van der Waals surface area contributed by atoms with E-state index in [0.717, 1.165) is 0 Å². The van der Waals surface area contributed by atoms with Crippen LogP contribution in [0.4, 0.5) is 0 Å². The lowest BCUT2D eigenvalue weighted by Gasteiger charge is -2.30. The van der Waals surface area contributed by atoms with E-state index in [1.165, 1.54) is 0 Å². The molecule has 0 aromatic carbocycles. The number of rotatable bonds is 4. The zero-order valence-corrected chi connectivity index (χ0v) is 8.81. The van der Waals surface area contributed by atoms with Gasteiger partial charge in [-0.15, -0.1) is 0 Å². The molecule has 1 atom stereocenters. The summed E-state index contributed by atoms with van der Waals surface area (Å²) in [6.45, 7) is 8.99. The Balaban J connectivity index is 3.89. The third kappa shape index (κ3) is 4.70. The highest BCUT2D eigenvalue weighted by Crippen LogP contribution is 2.13. The number of hydrogen-bond acceptors (Lipinski definition) is 3. The minimum absolute atomic E-state index is 0.130. The van der Waals surface area contributed by atoms with E-state index in [4.69, 9.17) is 15.2 Å². The van der Waals surface area contributed by atoms with E-state index in [-0.39, 0.29) is 11.2 Å². The highest BCUT2D eigenvalue weighted by atomic mass is 16.5. The largest absolute Gasteiger partial charge is 0.375 e. The van der Waals surface area contributed by atoms with Crippen molar-refractivity contribution in [2.45, 2.75) is 38.9 Å². The average Bonchev–Trinajstić information content (AvgIpc) is 1.99. The molecule has 0 heterocycles. The molecule has 0 spiro atoms. The van der Waals surface area contributed by atoms with Crippen molar-refractivity contribution in [3.05, 3.63) is 0 Å². The van der Waals surface area contributed by atoms with E-state index in [9.17, 15) is 0 Å². The van der Waals surface area contributed by atoms with Crippen molar-refractivity contribution in [1.82, 2.24) is 0 Å². The van der Waals surface area contributed by atoms with Gasteiger partial charge in [-0.3, -0.25) is 0 Å². The Morgan fingerprint density at radius 1 is 1.17 bits per heavy atom. The smallest absolute Gasteiger partial charge is 0.100 e. The van der Waals surface area contributed by atoms with Crippen molar-refractivity contribution < 1.29 is 9.47 Å². The predicted molar refractivity (Wildman–Crippen MR) is 50.2 cm³/mol. The van der Waals surface area contributed by atoms with Gasteiger partial charge in [0.25, 0.3) is 0 Å². The summed E-state index contributed by atoms with van der Waals surface area (Å²) < 4.78 is 10.8. The molecular weight excluding hydrogens is 154 g/mol. The third-order valence-electron chi connectivity index (χ3n) is 1.74. The minimum atomic E-state index is -0.354. The summed E-state index contributed by atoms with van der Waals surface area (Å²) in [5.41, 5.74) is 5.06. The van der Waals surface area contributed by atoms with Gasteiger partial charge in [-0.1, -0.05) is 0 Å². The molecule has 3 nitrogen and oxygen atoms in total. The van der Waals surface area contributed by atoms with Gasteiger partial charge in [0.1, 0.15) is 5.60 Å². The summed E-state index contributed by atoms with van der Waals surface area (Å²) in [4.78, 5) is 0. The van der Waals surface area contributed by atoms with Gasteiger partial charge in [0, 0.05) is 13.7 Å². The molecule has 2 N–H and O–H groups in total. The molecule has 0 aromatic rings. The van der Waals surface area contributed by atoms with Gasteiger partial charge < -0.3 is 15.2 Å². The number of ether oxygens (including phenoxy) is 2. The average molecular weight is 175 g/mol. The first-order valence-corrected chi connectivity index (χ1v) is 4.22. The van der Waals surface area contributed by atoms with E-state index < -0.39 is 0 Å². The van der Waals surface area contributed by atoms with Crippen LogP contribution in [-0.2, 0) is 9.47 Å². The van der Waals surface area contributed by atoms with Crippen LogP contribution in [0.15, 0.2) is 0 Å². The maximum absolute atomic E-state index is 5.57. The molecular formula is C9H21NO2. The molecule has 0 saturated heterocycles. The van der Waals surface area contributed by atoms with Crippen LogP contribution in [0.3, 0.4) is 0 Å². The van der Waals surface area contributed by atoms with E-state index in [1.807, 2.05) is 27.7 Å². The minimum Gasteiger partial charge on any atom is -0.375 e. The molecule has 0 rings (SSSR count). The van der Waals surface area contributed by atoms with Crippen LogP contribution in [0.5, 0.6) is 0 Å². The fourth-order valence-corrected chi connectivity index (χ4v) is 0.570. The topological polar surface area (TPSA) is 44.5 Å². The van der Waals surface area contributed by atoms with Gasteiger partial charge in [0.2, 0.25) is 0 Å². The summed E-state index contributed by atoms with van der Waals surface area (Å²) in [7, 11) is 1.65. The number of hydrogen-bond donors (Lipinski definition) is 1. The number of methoxy groups -OCH3 is 1. The predicted octanol–water partition coefficient (Wildman–Crippen LogP) is 1.17. The second-order valence-electron chi connectivity index (χ2n) is 4.26.